The van der Waals surface area contributed by atoms with Gasteiger partial charge in [0.1, 0.15) is 0 Å². The second-order valence-electron chi connectivity index (χ2n) is 9.50. The highest BCUT2D eigenvalue weighted by atomic mass is 16.2. The number of anilines is 1. The molecule has 1 unspecified atom stereocenters. The number of amides is 1. The lowest BCUT2D eigenvalue weighted by atomic mass is 10.1. The normalized spacial score (nSPS) is 23.2. The Hall–Kier alpha value is -2.41. The van der Waals surface area contributed by atoms with Crippen LogP contribution in [0.3, 0.4) is 0 Å². The van der Waals surface area contributed by atoms with Crippen molar-refractivity contribution in [3.63, 3.8) is 0 Å². The molecule has 3 fully saturated rings. The van der Waals surface area contributed by atoms with Crippen LogP contribution >= 0.6 is 0 Å². The SMILES string of the molecule is CC(=O)N1CCC(CN2CCN(c3ccc4c(=O)n(C5CCCC5)cnc4c3)CC2)C1. The van der Waals surface area contributed by atoms with Crippen LogP contribution in [0.2, 0.25) is 0 Å². The molecule has 0 bridgehead atoms. The fourth-order valence-electron chi connectivity index (χ4n) is 5.58. The topological polar surface area (TPSA) is 61.7 Å². The first kappa shape index (κ1) is 20.5. The Labute approximate surface area is 183 Å². The number of carbonyl (C=O) groups is 1. The first-order chi connectivity index (χ1) is 15.1. The molecular formula is C24H33N5O2. The molecule has 1 atom stereocenters. The maximum absolute atomic E-state index is 13.0. The Balaban J connectivity index is 1.22. The maximum Gasteiger partial charge on any atom is 0.261 e. The van der Waals surface area contributed by atoms with Gasteiger partial charge in [-0.1, -0.05) is 12.8 Å². The van der Waals surface area contributed by atoms with Gasteiger partial charge in [-0.3, -0.25) is 19.1 Å². The minimum atomic E-state index is 0.101. The molecule has 166 valence electrons. The van der Waals surface area contributed by atoms with Gasteiger partial charge in [0, 0.05) is 64.5 Å². The summed E-state index contributed by atoms with van der Waals surface area (Å²) in [6.45, 7) is 8.59. The molecule has 5 rings (SSSR count). The third-order valence-electron chi connectivity index (χ3n) is 7.47. The standard InChI is InChI=1S/C24H33N5O2/c1-18(30)28-9-8-19(16-28)15-26-10-12-27(13-11-26)21-6-7-22-23(14-21)25-17-29(24(22)31)20-4-2-3-5-20/h6-7,14,17,19-20H,2-5,8-13,15-16H2,1H3. The Morgan fingerprint density at radius 1 is 1.06 bits per heavy atom. The van der Waals surface area contributed by atoms with E-state index in [1.54, 1.807) is 13.3 Å². The van der Waals surface area contributed by atoms with E-state index in [1.165, 1.54) is 12.8 Å². The maximum atomic E-state index is 13.0. The van der Waals surface area contributed by atoms with Crippen molar-refractivity contribution in [2.45, 2.75) is 45.1 Å². The van der Waals surface area contributed by atoms with Crippen LogP contribution in [0.25, 0.3) is 10.9 Å². The largest absolute Gasteiger partial charge is 0.369 e. The Morgan fingerprint density at radius 3 is 2.55 bits per heavy atom. The summed E-state index contributed by atoms with van der Waals surface area (Å²) in [5, 5.41) is 0.730. The quantitative estimate of drug-likeness (QED) is 0.756. The number of rotatable bonds is 4. The number of nitrogens with zero attached hydrogens (tertiary/aromatic N) is 5. The van der Waals surface area contributed by atoms with Crippen molar-refractivity contribution < 1.29 is 4.79 Å². The number of piperazine rings is 1. The zero-order chi connectivity index (χ0) is 21.4. The summed E-state index contributed by atoms with van der Waals surface area (Å²) >= 11 is 0. The molecule has 31 heavy (non-hydrogen) atoms. The number of hydrogen-bond donors (Lipinski definition) is 0. The number of likely N-dealkylation sites (tertiary alicyclic amines) is 1. The molecule has 2 aromatic rings. The van der Waals surface area contributed by atoms with Gasteiger partial charge in [0.15, 0.2) is 0 Å². The molecule has 3 aliphatic rings. The van der Waals surface area contributed by atoms with E-state index in [2.05, 4.69) is 26.9 Å². The van der Waals surface area contributed by atoms with E-state index in [0.717, 1.165) is 81.7 Å². The molecule has 1 aromatic carbocycles. The molecule has 0 spiro atoms. The van der Waals surface area contributed by atoms with Gasteiger partial charge in [0.2, 0.25) is 5.91 Å². The average molecular weight is 424 g/mol. The fourth-order valence-corrected chi connectivity index (χ4v) is 5.58. The van der Waals surface area contributed by atoms with Gasteiger partial charge in [-0.15, -0.1) is 0 Å². The van der Waals surface area contributed by atoms with Crippen LogP contribution in [0.4, 0.5) is 5.69 Å². The molecule has 1 saturated carbocycles. The second-order valence-corrected chi connectivity index (χ2v) is 9.50. The summed E-state index contributed by atoms with van der Waals surface area (Å²) in [6, 6.07) is 6.45. The van der Waals surface area contributed by atoms with Crippen LogP contribution in [0.5, 0.6) is 0 Å². The first-order valence-corrected chi connectivity index (χ1v) is 11.8. The van der Waals surface area contributed by atoms with Crippen molar-refractivity contribution in [2.75, 3.05) is 50.7 Å². The molecule has 1 aromatic heterocycles. The van der Waals surface area contributed by atoms with Gasteiger partial charge in [-0.25, -0.2) is 4.98 Å². The lowest BCUT2D eigenvalue weighted by Crippen LogP contribution is -2.48. The number of carbonyl (C=O) groups excluding carboxylic acids is 1. The number of fused-ring (bicyclic) bond motifs is 1. The lowest BCUT2D eigenvalue weighted by Gasteiger charge is -2.37. The zero-order valence-corrected chi connectivity index (χ0v) is 18.5. The van der Waals surface area contributed by atoms with Gasteiger partial charge in [-0.2, -0.15) is 0 Å². The number of benzene rings is 1. The third kappa shape index (κ3) is 4.20. The Kier molecular flexibility index (Phi) is 5.69. The lowest BCUT2D eigenvalue weighted by molar-refractivity contribution is -0.127. The van der Waals surface area contributed by atoms with Crippen LogP contribution in [0.15, 0.2) is 29.3 Å². The predicted molar refractivity (Wildman–Crippen MR) is 123 cm³/mol. The third-order valence-corrected chi connectivity index (χ3v) is 7.47. The number of hydrogen-bond acceptors (Lipinski definition) is 5. The van der Waals surface area contributed by atoms with Crippen LogP contribution in [-0.4, -0.2) is 71.1 Å². The molecule has 3 heterocycles. The van der Waals surface area contributed by atoms with Gasteiger partial charge in [0.05, 0.1) is 17.2 Å². The molecule has 7 heteroatoms. The molecule has 2 saturated heterocycles. The van der Waals surface area contributed by atoms with E-state index >= 15 is 0 Å². The molecule has 0 radical (unpaired) electrons. The Morgan fingerprint density at radius 2 is 1.84 bits per heavy atom. The van der Waals surface area contributed by atoms with Crippen LogP contribution in [-0.2, 0) is 4.79 Å². The van der Waals surface area contributed by atoms with E-state index in [1.807, 2.05) is 15.5 Å². The first-order valence-electron chi connectivity index (χ1n) is 11.8. The molecule has 1 amide bonds. The summed E-state index contributed by atoms with van der Waals surface area (Å²) in [6.07, 6.45) is 7.46. The van der Waals surface area contributed by atoms with Crippen LogP contribution in [0.1, 0.15) is 45.1 Å². The van der Waals surface area contributed by atoms with Crippen molar-refractivity contribution in [3.8, 4) is 0 Å². The van der Waals surface area contributed by atoms with E-state index in [0.29, 0.717) is 12.0 Å². The molecule has 7 nitrogen and oxygen atoms in total. The minimum Gasteiger partial charge on any atom is -0.369 e. The van der Waals surface area contributed by atoms with Crippen LogP contribution < -0.4 is 10.5 Å². The Bertz CT molecular complexity index is 1000. The van der Waals surface area contributed by atoms with Crippen LogP contribution in [0, 0.1) is 5.92 Å². The highest BCUT2D eigenvalue weighted by Crippen LogP contribution is 2.29. The summed E-state index contributed by atoms with van der Waals surface area (Å²) in [4.78, 5) is 36.1. The highest BCUT2D eigenvalue weighted by Gasteiger charge is 2.27. The van der Waals surface area contributed by atoms with Crippen molar-refractivity contribution in [1.82, 2.24) is 19.4 Å². The van der Waals surface area contributed by atoms with Crippen molar-refractivity contribution >= 4 is 22.5 Å². The van der Waals surface area contributed by atoms with E-state index < -0.39 is 0 Å². The molecular weight excluding hydrogens is 390 g/mol. The molecule has 2 aliphatic heterocycles. The van der Waals surface area contributed by atoms with Gasteiger partial charge < -0.3 is 9.80 Å². The van der Waals surface area contributed by atoms with Crippen molar-refractivity contribution in [2.24, 2.45) is 5.92 Å². The van der Waals surface area contributed by atoms with Gasteiger partial charge in [-0.05, 0) is 43.4 Å². The second kappa shape index (κ2) is 8.61. The van der Waals surface area contributed by atoms with Crippen molar-refractivity contribution in [3.05, 3.63) is 34.9 Å². The zero-order valence-electron chi connectivity index (χ0n) is 18.5. The fraction of sp³-hybridized carbons (Fsp3) is 0.625. The predicted octanol–water partition coefficient (Wildman–Crippen LogP) is 2.50. The van der Waals surface area contributed by atoms with Gasteiger partial charge >= 0.3 is 0 Å². The van der Waals surface area contributed by atoms with Gasteiger partial charge in [0.25, 0.3) is 5.56 Å². The smallest absolute Gasteiger partial charge is 0.261 e. The van der Waals surface area contributed by atoms with Crippen molar-refractivity contribution in [1.29, 1.82) is 0 Å². The molecule has 1 aliphatic carbocycles. The summed E-state index contributed by atoms with van der Waals surface area (Å²) in [5.41, 5.74) is 2.06. The summed E-state index contributed by atoms with van der Waals surface area (Å²) < 4.78 is 1.85. The summed E-state index contributed by atoms with van der Waals surface area (Å²) in [5.74, 6) is 0.801. The van der Waals surface area contributed by atoms with E-state index in [-0.39, 0.29) is 11.5 Å². The molecule has 0 N–H and O–H groups in total. The monoisotopic (exact) mass is 423 g/mol. The minimum absolute atomic E-state index is 0.101. The highest BCUT2D eigenvalue weighted by molar-refractivity contribution is 5.81. The van der Waals surface area contributed by atoms with E-state index in [9.17, 15) is 9.59 Å². The number of aromatic nitrogens is 2. The summed E-state index contributed by atoms with van der Waals surface area (Å²) in [7, 11) is 0. The average Bonchev–Trinajstić information content (AvgIpc) is 3.47. The van der Waals surface area contributed by atoms with E-state index in [4.69, 9.17) is 0 Å².